The van der Waals surface area contributed by atoms with E-state index in [1.807, 2.05) is 0 Å². The molecular weight excluding hydrogens is 190 g/mol. The van der Waals surface area contributed by atoms with Crippen molar-refractivity contribution in [1.82, 2.24) is 4.90 Å². The van der Waals surface area contributed by atoms with Gasteiger partial charge in [-0.25, -0.2) is 0 Å². The summed E-state index contributed by atoms with van der Waals surface area (Å²) >= 11 is 0. The van der Waals surface area contributed by atoms with Crippen LogP contribution in [-0.2, 0) is 9.53 Å². The minimum atomic E-state index is -0.156. The van der Waals surface area contributed by atoms with Crippen LogP contribution in [0.4, 0.5) is 0 Å². The van der Waals surface area contributed by atoms with Crippen LogP contribution in [-0.4, -0.2) is 43.0 Å². The first kappa shape index (κ1) is 11.1. The number of likely N-dealkylation sites (tertiary alicyclic amines) is 1. The molecule has 0 aromatic rings. The molecule has 0 radical (unpaired) electrons. The highest BCUT2D eigenvalue weighted by molar-refractivity contribution is 5.85. The van der Waals surface area contributed by atoms with Crippen LogP contribution in [0.1, 0.15) is 33.1 Å². The van der Waals surface area contributed by atoms with Crippen molar-refractivity contribution in [2.24, 2.45) is 5.41 Å². The summed E-state index contributed by atoms with van der Waals surface area (Å²) < 4.78 is 5.62. The fourth-order valence-corrected chi connectivity index (χ4v) is 2.56. The number of piperidine rings is 1. The van der Waals surface area contributed by atoms with Gasteiger partial charge in [0, 0.05) is 38.1 Å². The Hall–Kier alpha value is -0.410. The minimum Gasteiger partial charge on any atom is -0.377 e. The molecule has 3 heteroatoms. The molecule has 86 valence electrons. The van der Waals surface area contributed by atoms with Crippen LogP contribution >= 0.6 is 0 Å². The van der Waals surface area contributed by atoms with Crippen molar-refractivity contribution in [2.75, 3.05) is 26.2 Å². The summed E-state index contributed by atoms with van der Waals surface area (Å²) in [6.45, 7) is 7.85. The third-order valence-corrected chi connectivity index (χ3v) is 3.51. The van der Waals surface area contributed by atoms with Gasteiger partial charge in [-0.1, -0.05) is 13.8 Å². The van der Waals surface area contributed by atoms with Crippen molar-refractivity contribution in [3.8, 4) is 0 Å². The zero-order valence-electron chi connectivity index (χ0n) is 9.79. The van der Waals surface area contributed by atoms with Crippen molar-refractivity contribution in [3.63, 3.8) is 0 Å². The number of ether oxygens (including phenoxy) is 1. The lowest BCUT2D eigenvalue weighted by Gasteiger charge is -2.37. The molecule has 2 heterocycles. The third kappa shape index (κ3) is 2.58. The summed E-state index contributed by atoms with van der Waals surface area (Å²) in [6.07, 6.45) is 3.50. The Balaban J connectivity index is 1.86. The maximum atomic E-state index is 11.6. The molecule has 0 aromatic heterocycles. The molecule has 0 N–H and O–H groups in total. The number of hydrogen-bond acceptors (Lipinski definition) is 3. The quantitative estimate of drug-likeness (QED) is 0.692. The molecule has 2 aliphatic heterocycles. The molecule has 1 unspecified atom stereocenters. The molecule has 2 rings (SSSR count). The van der Waals surface area contributed by atoms with Gasteiger partial charge in [0.1, 0.15) is 5.78 Å². The number of nitrogens with zero attached hydrogens (tertiary/aromatic N) is 1. The fourth-order valence-electron chi connectivity index (χ4n) is 2.56. The first-order valence-electron chi connectivity index (χ1n) is 5.95. The highest BCUT2D eigenvalue weighted by Gasteiger charge is 2.35. The second kappa shape index (κ2) is 4.22. The molecular formula is C12H21NO2. The molecule has 0 aromatic carbocycles. The molecule has 3 nitrogen and oxygen atoms in total. The monoisotopic (exact) mass is 211 g/mol. The predicted octanol–water partition coefficient (Wildman–Crippen LogP) is 1.47. The highest BCUT2D eigenvalue weighted by atomic mass is 16.5. The van der Waals surface area contributed by atoms with Gasteiger partial charge in [0.25, 0.3) is 0 Å². The number of rotatable bonds is 2. The van der Waals surface area contributed by atoms with Crippen molar-refractivity contribution < 1.29 is 9.53 Å². The Labute approximate surface area is 91.8 Å². The van der Waals surface area contributed by atoms with E-state index in [-0.39, 0.29) is 5.41 Å². The van der Waals surface area contributed by atoms with Gasteiger partial charge in [-0.3, -0.25) is 9.69 Å². The topological polar surface area (TPSA) is 29.5 Å². The van der Waals surface area contributed by atoms with Crippen LogP contribution in [0.2, 0.25) is 0 Å². The SMILES string of the molecule is CC1(C)CN(CC2CCCO2)CCC1=O. The van der Waals surface area contributed by atoms with Crippen LogP contribution in [0.3, 0.4) is 0 Å². The van der Waals surface area contributed by atoms with Crippen molar-refractivity contribution in [3.05, 3.63) is 0 Å². The Morgan fingerprint density at radius 3 is 2.93 bits per heavy atom. The summed E-state index contributed by atoms with van der Waals surface area (Å²) in [4.78, 5) is 14.0. The molecule has 15 heavy (non-hydrogen) atoms. The van der Waals surface area contributed by atoms with Gasteiger partial charge in [-0.05, 0) is 12.8 Å². The standard InChI is InChI=1S/C12H21NO2/c1-12(2)9-13(6-5-11(12)14)8-10-4-3-7-15-10/h10H,3-9H2,1-2H3. The second-order valence-electron chi connectivity index (χ2n) is 5.43. The van der Waals surface area contributed by atoms with Gasteiger partial charge in [0.05, 0.1) is 6.10 Å². The van der Waals surface area contributed by atoms with Crippen molar-refractivity contribution in [2.45, 2.75) is 39.2 Å². The first-order valence-corrected chi connectivity index (χ1v) is 5.95. The fraction of sp³-hybridized carbons (Fsp3) is 0.917. The molecule has 0 amide bonds. The van der Waals surface area contributed by atoms with Gasteiger partial charge in [0.15, 0.2) is 0 Å². The maximum Gasteiger partial charge on any atom is 0.141 e. The Kier molecular flexibility index (Phi) is 3.12. The Morgan fingerprint density at radius 1 is 1.53 bits per heavy atom. The number of carbonyl (C=O) groups excluding carboxylic acids is 1. The molecule has 0 saturated carbocycles. The average Bonchev–Trinajstić information content (AvgIpc) is 2.63. The Bertz CT molecular complexity index is 244. The van der Waals surface area contributed by atoms with E-state index in [9.17, 15) is 4.79 Å². The third-order valence-electron chi connectivity index (χ3n) is 3.51. The number of carbonyl (C=O) groups is 1. The number of Topliss-reactive ketones (excluding diaryl/α,β-unsaturated/α-hetero) is 1. The van der Waals surface area contributed by atoms with E-state index in [1.54, 1.807) is 0 Å². The molecule has 2 saturated heterocycles. The molecule has 0 spiro atoms. The molecule has 2 aliphatic rings. The van der Waals surface area contributed by atoms with E-state index in [2.05, 4.69) is 18.7 Å². The van der Waals surface area contributed by atoms with Gasteiger partial charge in [0.2, 0.25) is 0 Å². The summed E-state index contributed by atoms with van der Waals surface area (Å²) in [5.41, 5.74) is -0.156. The smallest absolute Gasteiger partial charge is 0.141 e. The van der Waals surface area contributed by atoms with Crippen LogP contribution in [0.5, 0.6) is 0 Å². The molecule has 0 aliphatic carbocycles. The van der Waals surface area contributed by atoms with Crippen LogP contribution in [0.25, 0.3) is 0 Å². The second-order valence-corrected chi connectivity index (χ2v) is 5.43. The van der Waals surface area contributed by atoms with Crippen molar-refractivity contribution >= 4 is 5.78 Å². The normalized spacial score (nSPS) is 32.1. The maximum absolute atomic E-state index is 11.6. The lowest BCUT2D eigenvalue weighted by Crippen LogP contribution is -2.48. The van der Waals surface area contributed by atoms with Crippen LogP contribution in [0, 0.1) is 5.41 Å². The summed E-state index contributed by atoms with van der Waals surface area (Å²) in [7, 11) is 0. The van der Waals surface area contributed by atoms with Gasteiger partial charge in [-0.2, -0.15) is 0 Å². The van der Waals surface area contributed by atoms with E-state index < -0.39 is 0 Å². The number of hydrogen-bond donors (Lipinski definition) is 0. The minimum absolute atomic E-state index is 0.156. The molecule has 2 fully saturated rings. The van der Waals surface area contributed by atoms with Crippen LogP contribution < -0.4 is 0 Å². The predicted molar refractivity (Wildman–Crippen MR) is 58.8 cm³/mol. The van der Waals surface area contributed by atoms with E-state index in [0.717, 1.165) is 26.2 Å². The summed E-state index contributed by atoms with van der Waals surface area (Å²) in [6, 6.07) is 0. The molecule has 1 atom stereocenters. The van der Waals surface area contributed by atoms with Gasteiger partial charge >= 0.3 is 0 Å². The Morgan fingerprint density at radius 2 is 2.33 bits per heavy atom. The lowest BCUT2D eigenvalue weighted by molar-refractivity contribution is -0.132. The van der Waals surface area contributed by atoms with E-state index in [1.165, 1.54) is 12.8 Å². The van der Waals surface area contributed by atoms with Crippen LogP contribution in [0.15, 0.2) is 0 Å². The van der Waals surface area contributed by atoms with Gasteiger partial charge < -0.3 is 4.74 Å². The first-order chi connectivity index (χ1) is 7.08. The largest absolute Gasteiger partial charge is 0.377 e. The summed E-state index contributed by atoms with van der Waals surface area (Å²) in [5.74, 6) is 0.408. The highest BCUT2D eigenvalue weighted by Crippen LogP contribution is 2.26. The zero-order chi connectivity index (χ0) is 10.9. The van der Waals surface area contributed by atoms with E-state index >= 15 is 0 Å². The van der Waals surface area contributed by atoms with Gasteiger partial charge in [-0.15, -0.1) is 0 Å². The summed E-state index contributed by atoms with van der Waals surface area (Å²) in [5, 5.41) is 0. The van der Waals surface area contributed by atoms with E-state index in [4.69, 9.17) is 4.74 Å². The van der Waals surface area contributed by atoms with E-state index in [0.29, 0.717) is 18.3 Å². The van der Waals surface area contributed by atoms with Crippen molar-refractivity contribution in [1.29, 1.82) is 0 Å². The molecule has 0 bridgehead atoms. The average molecular weight is 211 g/mol. The zero-order valence-corrected chi connectivity index (χ0v) is 9.79. The number of ketones is 1. The lowest BCUT2D eigenvalue weighted by atomic mass is 9.82.